The Morgan fingerprint density at radius 3 is 2.58 bits per heavy atom. The van der Waals surface area contributed by atoms with Gasteiger partial charge in [0.25, 0.3) is 0 Å². The number of aromatic amines is 1. The fraction of sp³-hybridized carbons (Fsp3) is 0.316. The lowest BCUT2D eigenvalue weighted by molar-refractivity contribution is 0.0482. The number of ether oxygens (including phenoxy) is 1. The molecule has 1 N–H and O–H groups in total. The van der Waals surface area contributed by atoms with Crippen molar-refractivity contribution in [2.24, 2.45) is 0 Å². The number of fused-ring (bicyclic) bond motifs is 2. The third-order valence-electron chi connectivity index (χ3n) is 4.37. The molecule has 0 bridgehead atoms. The minimum Gasteiger partial charge on any atom is -0.475 e. The van der Waals surface area contributed by atoms with Gasteiger partial charge in [0.15, 0.2) is 5.43 Å². The quantitative estimate of drug-likeness (QED) is 0.551. The lowest BCUT2D eigenvalue weighted by Gasteiger charge is -2.27. The molecule has 1 aromatic heterocycles. The summed E-state index contributed by atoms with van der Waals surface area (Å²) < 4.78 is 6.02. The minimum absolute atomic E-state index is 0.0623. The number of benzene rings is 2. The predicted octanol–water partition coefficient (Wildman–Crippen LogP) is 4.40. The van der Waals surface area contributed by atoms with Crippen LogP contribution < -0.4 is 10.2 Å². The third-order valence-corrected chi connectivity index (χ3v) is 4.66. The van der Waals surface area contributed by atoms with Crippen LogP contribution in [0.1, 0.15) is 20.8 Å². The minimum atomic E-state index is -0.0688. The van der Waals surface area contributed by atoms with E-state index in [-0.39, 0.29) is 11.7 Å². The van der Waals surface area contributed by atoms with E-state index in [4.69, 9.17) is 16.3 Å². The van der Waals surface area contributed by atoms with Crippen LogP contribution in [0.2, 0.25) is 5.02 Å². The van der Waals surface area contributed by atoms with Gasteiger partial charge in [0.2, 0.25) is 0 Å². The monoisotopic (exact) mass is 344 g/mol. The molecule has 1 unspecified atom stereocenters. The zero-order chi connectivity index (χ0) is 17.3. The van der Waals surface area contributed by atoms with Crippen LogP contribution in [0.4, 0.5) is 0 Å². The molecule has 0 fully saturated rings. The third kappa shape index (κ3) is 2.99. The van der Waals surface area contributed by atoms with Crippen molar-refractivity contribution in [3.8, 4) is 5.75 Å². The summed E-state index contributed by atoms with van der Waals surface area (Å²) in [5.41, 5.74) is 1.42. The molecule has 0 radical (unpaired) electrons. The number of nitrogens with one attached hydrogen (secondary N) is 1. The summed E-state index contributed by atoms with van der Waals surface area (Å²) in [7, 11) is 0. The zero-order valence-corrected chi connectivity index (χ0v) is 14.9. The number of hydrogen-bond acceptors (Lipinski definition) is 3. The maximum Gasteiger partial charge on any atom is 0.198 e. The van der Waals surface area contributed by atoms with Crippen LogP contribution in [0, 0.1) is 0 Å². The van der Waals surface area contributed by atoms with Gasteiger partial charge in [-0.15, -0.1) is 0 Å². The molecule has 3 aromatic rings. The molecule has 0 saturated carbocycles. The summed E-state index contributed by atoms with van der Waals surface area (Å²) in [5.74, 6) is 0.651. The Morgan fingerprint density at radius 2 is 1.88 bits per heavy atom. The van der Waals surface area contributed by atoms with E-state index in [0.717, 1.165) is 18.6 Å². The van der Waals surface area contributed by atoms with Gasteiger partial charge in [-0.05, 0) is 38.2 Å². The summed E-state index contributed by atoms with van der Waals surface area (Å²) in [5, 5.41) is 1.54. The Kier molecular flexibility index (Phi) is 4.78. The van der Waals surface area contributed by atoms with Crippen molar-refractivity contribution in [2.75, 3.05) is 13.1 Å². The van der Waals surface area contributed by atoms with E-state index in [1.807, 2.05) is 31.2 Å². The maximum atomic E-state index is 12.7. The molecule has 0 aliphatic heterocycles. The van der Waals surface area contributed by atoms with Gasteiger partial charge in [-0.3, -0.25) is 9.69 Å². The first kappa shape index (κ1) is 16.8. The molecule has 0 amide bonds. The Hall–Kier alpha value is -2.04. The highest BCUT2D eigenvalue weighted by Crippen LogP contribution is 2.28. The van der Waals surface area contributed by atoms with E-state index < -0.39 is 0 Å². The van der Waals surface area contributed by atoms with E-state index in [1.165, 1.54) is 0 Å². The van der Waals surface area contributed by atoms with Gasteiger partial charge >= 0.3 is 0 Å². The van der Waals surface area contributed by atoms with Crippen molar-refractivity contribution in [1.82, 2.24) is 9.88 Å². The van der Waals surface area contributed by atoms with Crippen LogP contribution in [0.15, 0.2) is 41.2 Å². The maximum absolute atomic E-state index is 12.7. The molecule has 1 heterocycles. The lowest BCUT2D eigenvalue weighted by Crippen LogP contribution is -2.36. The number of halogens is 1. The average molecular weight is 345 g/mol. The van der Waals surface area contributed by atoms with Gasteiger partial charge in [-0.25, -0.2) is 0 Å². The largest absolute Gasteiger partial charge is 0.475 e. The predicted molar refractivity (Wildman–Crippen MR) is 100 cm³/mol. The number of pyridine rings is 1. The van der Waals surface area contributed by atoms with Crippen molar-refractivity contribution in [1.29, 1.82) is 0 Å². The van der Waals surface area contributed by atoms with E-state index >= 15 is 0 Å². The SMILES string of the molecule is CCN(CC)C(C)Oc1cc(Cl)c2c(=O)c3ccccc3[nH]c2c1. The molecule has 0 aliphatic rings. The van der Waals surface area contributed by atoms with Crippen molar-refractivity contribution in [2.45, 2.75) is 27.0 Å². The highest BCUT2D eigenvalue weighted by atomic mass is 35.5. The second-order valence-corrected chi connectivity index (χ2v) is 6.17. The summed E-state index contributed by atoms with van der Waals surface area (Å²) in [6.45, 7) is 8.01. The molecule has 1 atom stereocenters. The summed E-state index contributed by atoms with van der Waals surface area (Å²) in [6, 6.07) is 11.0. The topological polar surface area (TPSA) is 45.3 Å². The fourth-order valence-electron chi connectivity index (χ4n) is 3.06. The van der Waals surface area contributed by atoms with Crippen molar-refractivity contribution in [3.63, 3.8) is 0 Å². The summed E-state index contributed by atoms with van der Waals surface area (Å²) in [4.78, 5) is 18.2. The molecule has 0 saturated heterocycles. The molecule has 2 aromatic carbocycles. The molecule has 24 heavy (non-hydrogen) atoms. The molecule has 0 aliphatic carbocycles. The molecule has 5 heteroatoms. The molecular formula is C19H21ClN2O2. The Labute approximate surface area is 146 Å². The van der Waals surface area contributed by atoms with Crippen LogP contribution in [-0.2, 0) is 0 Å². The van der Waals surface area contributed by atoms with Crippen LogP contribution in [-0.4, -0.2) is 29.2 Å². The standard InChI is InChI=1S/C19H21ClN2O2/c1-4-22(5-2)12(3)24-13-10-15(20)18-17(11-13)21-16-9-7-6-8-14(16)19(18)23/h6-12H,4-5H2,1-3H3,(H,21,23). The normalized spacial score (nSPS) is 12.9. The number of nitrogens with zero attached hydrogens (tertiary/aromatic N) is 1. The van der Waals surface area contributed by atoms with Gasteiger partial charge in [0, 0.05) is 17.0 Å². The van der Waals surface area contributed by atoms with Crippen LogP contribution >= 0.6 is 11.6 Å². The van der Waals surface area contributed by atoms with Gasteiger partial charge in [-0.1, -0.05) is 37.6 Å². The molecule has 126 valence electrons. The smallest absolute Gasteiger partial charge is 0.198 e. The van der Waals surface area contributed by atoms with Crippen molar-refractivity contribution < 1.29 is 4.74 Å². The van der Waals surface area contributed by atoms with Gasteiger partial charge in [-0.2, -0.15) is 0 Å². The first-order chi connectivity index (χ1) is 11.5. The second-order valence-electron chi connectivity index (χ2n) is 5.77. The summed E-state index contributed by atoms with van der Waals surface area (Å²) >= 11 is 6.39. The highest BCUT2D eigenvalue weighted by molar-refractivity contribution is 6.35. The first-order valence-corrected chi connectivity index (χ1v) is 8.58. The number of para-hydroxylation sites is 1. The van der Waals surface area contributed by atoms with E-state index in [0.29, 0.717) is 27.1 Å². The average Bonchev–Trinajstić information content (AvgIpc) is 2.55. The van der Waals surface area contributed by atoms with Crippen LogP contribution in [0.3, 0.4) is 0 Å². The van der Waals surface area contributed by atoms with Gasteiger partial charge in [0.05, 0.1) is 15.9 Å². The highest BCUT2D eigenvalue weighted by Gasteiger charge is 2.15. The molecule has 3 rings (SSSR count). The molecular weight excluding hydrogens is 324 g/mol. The Morgan fingerprint density at radius 1 is 1.17 bits per heavy atom. The Balaban J connectivity index is 2.10. The fourth-order valence-corrected chi connectivity index (χ4v) is 3.35. The van der Waals surface area contributed by atoms with E-state index in [9.17, 15) is 4.79 Å². The van der Waals surface area contributed by atoms with E-state index in [2.05, 4.69) is 23.7 Å². The molecule has 0 spiro atoms. The van der Waals surface area contributed by atoms with Gasteiger partial charge < -0.3 is 9.72 Å². The van der Waals surface area contributed by atoms with Crippen molar-refractivity contribution >= 4 is 33.4 Å². The number of hydrogen-bond donors (Lipinski definition) is 1. The second kappa shape index (κ2) is 6.83. The lowest BCUT2D eigenvalue weighted by atomic mass is 10.1. The summed E-state index contributed by atoms with van der Waals surface area (Å²) in [6.07, 6.45) is -0.0688. The van der Waals surface area contributed by atoms with Crippen LogP contribution in [0.5, 0.6) is 5.75 Å². The molecule has 4 nitrogen and oxygen atoms in total. The number of aromatic nitrogens is 1. The van der Waals surface area contributed by atoms with Crippen molar-refractivity contribution in [3.05, 3.63) is 51.6 Å². The van der Waals surface area contributed by atoms with Crippen LogP contribution in [0.25, 0.3) is 21.8 Å². The zero-order valence-electron chi connectivity index (χ0n) is 14.1. The van der Waals surface area contributed by atoms with E-state index in [1.54, 1.807) is 12.1 Å². The van der Waals surface area contributed by atoms with Gasteiger partial charge in [0.1, 0.15) is 12.0 Å². The Bertz CT molecular complexity index is 932. The number of rotatable bonds is 5. The number of H-pyrrole nitrogens is 1. The first-order valence-electron chi connectivity index (χ1n) is 8.20.